The lowest BCUT2D eigenvalue weighted by Gasteiger charge is -2.07. The van der Waals surface area contributed by atoms with Crippen LogP contribution in [0.15, 0.2) is 0 Å². The van der Waals surface area contributed by atoms with E-state index in [0.29, 0.717) is 6.61 Å². The van der Waals surface area contributed by atoms with E-state index in [2.05, 4.69) is 0 Å². The molecule has 0 aliphatic rings. The van der Waals surface area contributed by atoms with Crippen molar-refractivity contribution in [2.24, 2.45) is 0 Å². The van der Waals surface area contributed by atoms with Crippen LogP contribution >= 0.6 is 33.2 Å². The Kier molecular flexibility index (Phi) is 25.1. The van der Waals surface area contributed by atoms with Gasteiger partial charge in [-0.3, -0.25) is 4.79 Å². The molecule has 0 radical (unpaired) electrons. The number of halogens is 3. The van der Waals surface area contributed by atoms with E-state index < -0.39 is 6.00 Å². The summed E-state index contributed by atoms with van der Waals surface area (Å²) in [5.74, 6) is -0.157. The van der Waals surface area contributed by atoms with Crippen LogP contribution in [0.3, 0.4) is 0 Å². The molecule has 0 rings (SSSR count). The predicted molar refractivity (Wildman–Crippen MR) is 146 cm³/mol. The second kappa shape index (κ2) is 24.7. The lowest BCUT2D eigenvalue weighted by molar-refractivity contribution is -0.141. The molecule has 0 saturated heterocycles. The zero-order valence-corrected chi connectivity index (χ0v) is 24.2. The van der Waals surface area contributed by atoms with Gasteiger partial charge in [-0.1, -0.05) is 135 Å². The maximum Gasteiger partial charge on any atom is 0.341 e. The summed E-state index contributed by atoms with van der Waals surface area (Å²) < 4.78 is 4.95. The topological polar surface area (TPSA) is 26.3 Å². The van der Waals surface area contributed by atoms with E-state index in [9.17, 15) is 4.79 Å². The minimum Gasteiger partial charge on any atom is -0.466 e. The lowest BCUT2D eigenvalue weighted by Crippen LogP contribution is -2.07. The van der Waals surface area contributed by atoms with Crippen LogP contribution < -0.4 is 0 Å². The third-order valence-electron chi connectivity index (χ3n) is 6.16. The van der Waals surface area contributed by atoms with Crippen LogP contribution in [-0.4, -0.2) is 18.6 Å². The average Bonchev–Trinajstić information content (AvgIpc) is 2.72. The van der Waals surface area contributed by atoms with Gasteiger partial charge in [-0.25, -0.2) is 0 Å². The summed E-state index contributed by atoms with van der Waals surface area (Å²) in [5.41, 5.74) is 0. The Morgan fingerprint density at radius 1 is 0.500 bits per heavy atom. The Bertz CT molecular complexity index is 403. The third-order valence-corrected chi connectivity index (χ3v) is 8.78. The molecule has 0 fully saturated rings. The Labute approximate surface area is 215 Å². The lowest BCUT2D eigenvalue weighted by atomic mass is 10.0. The third kappa shape index (κ3) is 30.6. The number of esters is 1. The highest BCUT2D eigenvalue weighted by Crippen LogP contribution is 2.27. The van der Waals surface area contributed by atoms with Gasteiger partial charge in [0.2, 0.25) is 0 Å². The maximum absolute atomic E-state index is 10.7. The summed E-state index contributed by atoms with van der Waals surface area (Å²) >= 11 is 17.7. The molecule has 0 heterocycles. The van der Waals surface area contributed by atoms with Gasteiger partial charge in [0.15, 0.2) is 0 Å². The van der Waals surface area contributed by atoms with Crippen molar-refractivity contribution in [3.8, 4) is 0 Å². The molecule has 0 aromatic heterocycles. The highest BCUT2D eigenvalue weighted by Gasteiger charge is 2.23. The molecule has 0 bridgehead atoms. The molecular weight excluding hydrogens is 479 g/mol. The number of carbonyl (C=O) groups is 1. The van der Waals surface area contributed by atoms with Crippen LogP contribution in [0, 0.1) is 0 Å². The molecule has 0 aliphatic carbocycles. The molecule has 0 amide bonds. The number of unbranched alkanes of at least 4 members (excludes halogenated alkanes) is 21. The van der Waals surface area contributed by atoms with Crippen molar-refractivity contribution in [3.05, 3.63) is 0 Å². The molecule has 2 nitrogen and oxygen atoms in total. The first-order chi connectivity index (χ1) is 15.4. The van der Waals surface area contributed by atoms with Crippen molar-refractivity contribution in [1.29, 1.82) is 0 Å². The molecule has 0 aromatic rings. The first-order valence-electron chi connectivity index (χ1n) is 13.6. The summed E-state index contributed by atoms with van der Waals surface area (Å²) in [7, 11) is 0. The molecule has 6 heteroatoms. The minimum atomic E-state index is -2.37. The maximum atomic E-state index is 10.7. The molecule has 0 saturated carbocycles. The van der Waals surface area contributed by atoms with Gasteiger partial charge in [0.05, 0.1) is 6.61 Å². The molecule has 32 heavy (non-hydrogen) atoms. The van der Waals surface area contributed by atoms with Gasteiger partial charge in [-0.05, 0) is 12.5 Å². The van der Waals surface area contributed by atoms with E-state index in [1.54, 1.807) is 0 Å². The highest BCUT2D eigenvalue weighted by atomic mass is 35.8. The van der Waals surface area contributed by atoms with Crippen LogP contribution in [0.5, 0.6) is 0 Å². The van der Waals surface area contributed by atoms with Crippen molar-refractivity contribution >= 4 is 45.2 Å². The minimum absolute atomic E-state index is 0.157. The molecule has 0 N–H and O–H groups in total. The molecule has 0 unspecified atom stereocenters. The fraction of sp³-hybridized carbons (Fsp3) is 0.962. The van der Waals surface area contributed by atoms with Gasteiger partial charge < -0.3 is 4.74 Å². The summed E-state index contributed by atoms with van der Waals surface area (Å²) in [4.78, 5) is 10.7. The van der Waals surface area contributed by atoms with Gasteiger partial charge in [0, 0.05) is 6.92 Å². The number of hydrogen-bond donors (Lipinski definition) is 0. The van der Waals surface area contributed by atoms with Crippen LogP contribution in [0.2, 0.25) is 6.04 Å². The number of rotatable bonds is 25. The molecular formula is C26H51Cl3O2Si. The van der Waals surface area contributed by atoms with Crippen molar-refractivity contribution in [1.82, 2.24) is 0 Å². The van der Waals surface area contributed by atoms with E-state index in [1.807, 2.05) is 0 Å². The first-order valence-corrected chi connectivity index (χ1v) is 18.9. The van der Waals surface area contributed by atoms with E-state index in [1.165, 1.54) is 135 Å². The van der Waals surface area contributed by atoms with E-state index in [4.69, 9.17) is 38.0 Å². The Hall–Kier alpha value is 0.557. The van der Waals surface area contributed by atoms with Crippen molar-refractivity contribution in [2.75, 3.05) is 6.61 Å². The number of ether oxygens (including phenoxy) is 1. The normalized spacial score (nSPS) is 11.8. The van der Waals surface area contributed by atoms with Gasteiger partial charge in [-0.2, -0.15) is 0 Å². The quantitative estimate of drug-likeness (QED) is 0.0508. The molecule has 0 spiro atoms. The zero-order chi connectivity index (χ0) is 23.8. The van der Waals surface area contributed by atoms with Gasteiger partial charge in [0.1, 0.15) is 0 Å². The Morgan fingerprint density at radius 2 is 0.750 bits per heavy atom. The summed E-state index contributed by atoms with van der Waals surface area (Å²) in [6, 6.07) is -1.55. The predicted octanol–water partition coefficient (Wildman–Crippen LogP) is 10.8. The molecule has 0 atom stereocenters. The summed E-state index contributed by atoms with van der Waals surface area (Å²) in [6.07, 6.45) is 29.5. The first kappa shape index (κ1) is 32.6. The Balaban J connectivity index is 3.04. The largest absolute Gasteiger partial charge is 0.466 e. The fourth-order valence-electron chi connectivity index (χ4n) is 4.18. The molecule has 192 valence electrons. The van der Waals surface area contributed by atoms with Crippen LogP contribution in [0.1, 0.15) is 148 Å². The monoisotopic (exact) mass is 528 g/mol. The second-order valence-electron chi connectivity index (χ2n) is 9.48. The fourth-order valence-corrected chi connectivity index (χ4v) is 6.03. The number of hydrogen-bond acceptors (Lipinski definition) is 2. The summed E-state index contributed by atoms with van der Waals surface area (Å²) in [5, 5.41) is 0. The number of carbonyl (C=O) groups excluding carboxylic acids is 1. The second-order valence-corrected chi connectivity index (χ2v) is 18.8. The Morgan fingerprint density at radius 3 is 1.00 bits per heavy atom. The van der Waals surface area contributed by atoms with Crippen LogP contribution in [0.25, 0.3) is 0 Å². The zero-order valence-electron chi connectivity index (χ0n) is 20.9. The highest BCUT2D eigenvalue weighted by molar-refractivity contribution is 7.64. The SMILES string of the molecule is CC(=O)OCCCCCCCCCCCCCCCCCCCCCCCC[Si](Cl)(Cl)Cl. The smallest absolute Gasteiger partial charge is 0.341 e. The van der Waals surface area contributed by atoms with Crippen molar-refractivity contribution in [3.63, 3.8) is 0 Å². The van der Waals surface area contributed by atoms with Crippen LogP contribution in [-0.2, 0) is 9.53 Å². The van der Waals surface area contributed by atoms with E-state index >= 15 is 0 Å². The molecule has 0 aromatic carbocycles. The van der Waals surface area contributed by atoms with E-state index in [0.717, 1.165) is 18.9 Å². The standard InChI is InChI=1S/C26H51Cl3O2Si/c1-26(30)31-24-22-20-18-16-14-12-10-8-6-4-2-3-5-7-9-11-13-15-17-19-21-23-25-32(27,28)29/h2-25H2,1H3. The van der Waals surface area contributed by atoms with Crippen molar-refractivity contribution in [2.45, 2.75) is 154 Å². The average molecular weight is 530 g/mol. The van der Waals surface area contributed by atoms with Gasteiger partial charge in [0.25, 0.3) is 0 Å². The van der Waals surface area contributed by atoms with Crippen LogP contribution in [0.4, 0.5) is 0 Å². The van der Waals surface area contributed by atoms with Crippen molar-refractivity contribution < 1.29 is 9.53 Å². The van der Waals surface area contributed by atoms with Gasteiger partial charge in [-0.15, -0.1) is 33.2 Å². The van der Waals surface area contributed by atoms with E-state index in [-0.39, 0.29) is 5.97 Å². The molecule has 0 aliphatic heterocycles. The van der Waals surface area contributed by atoms with Gasteiger partial charge >= 0.3 is 12.0 Å². The summed E-state index contributed by atoms with van der Waals surface area (Å²) in [6.45, 7) is 2.08.